The predicted molar refractivity (Wildman–Crippen MR) is 19.9 cm³/mol. The quantitative estimate of drug-likeness (QED) is 0.278. The van der Waals surface area contributed by atoms with Gasteiger partial charge in [0, 0.05) is 0 Å². The van der Waals surface area contributed by atoms with E-state index < -0.39 is 11.4 Å². The molecule has 1 atom stereocenters. The van der Waals surface area contributed by atoms with Crippen molar-refractivity contribution in [2.24, 2.45) is 0 Å². The maximum Gasteiger partial charge on any atom is 1.00 e. The van der Waals surface area contributed by atoms with E-state index in [1.165, 1.54) is 0 Å². The van der Waals surface area contributed by atoms with Crippen molar-refractivity contribution < 1.29 is 64.0 Å². The van der Waals surface area contributed by atoms with Crippen LogP contribution in [0.1, 0.15) is 0 Å². The number of hydrogen-bond acceptors (Lipinski definition) is 3. The van der Waals surface area contributed by atoms with Gasteiger partial charge in [-0.15, -0.1) is 0 Å². The molecule has 0 saturated heterocycles. The van der Waals surface area contributed by atoms with Crippen LogP contribution in [-0.4, -0.2) is 19.2 Å². The van der Waals surface area contributed by atoms with Crippen molar-refractivity contribution in [3.8, 4) is 0 Å². The summed E-state index contributed by atoms with van der Waals surface area (Å²) in [6.07, 6.45) is 0. The van der Waals surface area contributed by atoms with Crippen LogP contribution < -0.4 is 51.4 Å². The van der Waals surface area contributed by atoms with E-state index in [1.807, 2.05) is 0 Å². The summed E-state index contributed by atoms with van der Waals surface area (Å²) in [5, 5.41) is 0. The maximum atomic E-state index is 9.18. The molecule has 0 aliphatic heterocycles. The van der Waals surface area contributed by atoms with Crippen LogP contribution >= 0.6 is 0 Å². The zero-order chi connectivity index (χ0) is 4.28. The van der Waals surface area contributed by atoms with Crippen molar-refractivity contribution in [2.45, 2.75) is 0 Å². The Morgan fingerprint density at radius 3 is 2.00 bits per heavy atom. The van der Waals surface area contributed by atoms with E-state index in [2.05, 4.69) is 3.87 Å². The van der Waals surface area contributed by atoms with Crippen LogP contribution in [0.2, 0.25) is 0 Å². The Morgan fingerprint density at radius 1 is 1.83 bits per heavy atom. The Balaban J connectivity index is 0. The molecule has 0 aromatic rings. The summed E-state index contributed by atoms with van der Waals surface area (Å²) in [4.78, 5) is 0. The minimum Gasteiger partial charge on any atom is -0.750 e. The molecule has 0 N–H and O–H groups in total. The average molecular weight is 150 g/mol. The second kappa shape index (κ2) is 6.92. The molecule has 0 heterocycles. The molecule has 0 spiro atoms. The summed E-state index contributed by atoms with van der Waals surface area (Å²) in [6, 6.07) is 0. The fourth-order valence-corrected chi connectivity index (χ4v) is 0. The molecular formula is H3KO3SSi. The van der Waals surface area contributed by atoms with Gasteiger partial charge in [0.1, 0.15) is 0 Å². The Labute approximate surface area is 84.3 Å². The van der Waals surface area contributed by atoms with E-state index in [1.54, 1.807) is 0 Å². The summed E-state index contributed by atoms with van der Waals surface area (Å²) in [5.74, 6) is 0. The SMILES string of the molecule is O=S([O-])O[SiH3].[K+]. The largest absolute Gasteiger partial charge is 1.00 e. The first-order chi connectivity index (χ1) is 2.27. The van der Waals surface area contributed by atoms with Gasteiger partial charge in [-0.25, -0.2) is 4.21 Å². The molecule has 0 rings (SSSR count). The monoisotopic (exact) mass is 150 g/mol. The van der Waals surface area contributed by atoms with E-state index >= 15 is 0 Å². The molecule has 0 radical (unpaired) electrons. The van der Waals surface area contributed by atoms with E-state index in [-0.39, 0.29) is 61.9 Å². The van der Waals surface area contributed by atoms with Crippen molar-refractivity contribution in [3.63, 3.8) is 0 Å². The van der Waals surface area contributed by atoms with Gasteiger partial charge in [0.15, 0.2) is 10.5 Å². The first-order valence-corrected chi connectivity index (χ1v) is 2.72. The normalized spacial score (nSPS) is 12.8. The Hall–Kier alpha value is 1.92. The van der Waals surface area contributed by atoms with E-state index in [0.717, 1.165) is 0 Å². The molecule has 0 aromatic carbocycles. The Bertz CT molecular complexity index is 46.1. The molecule has 1 unspecified atom stereocenters. The Kier molecular flexibility index (Phi) is 12.5. The van der Waals surface area contributed by atoms with Gasteiger partial charge in [-0.05, 0) is 0 Å². The Morgan fingerprint density at radius 2 is 2.00 bits per heavy atom. The second-order valence-corrected chi connectivity index (χ2v) is 2.11. The van der Waals surface area contributed by atoms with Gasteiger partial charge >= 0.3 is 51.4 Å². The molecule has 0 aliphatic carbocycles. The smallest absolute Gasteiger partial charge is 0.750 e. The minimum atomic E-state index is -2.26. The molecule has 0 aliphatic rings. The minimum absolute atomic E-state index is 0. The third kappa shape index (κ3) is 9.33. The molecule has 32 valence electrons. The van der Waals surface area contributed by atoms with Gasteiger partial charge in [-0.2, -0.15) is 0 Å². The van der Waals surface area contributed by atoms with Crippen LogP contribution in [0, 0.1) is 0 Å². The van der Waals surface area contributed by atoms with Crippen molar-refractivity contribution >= 4 is 21.8 Å². The van der Waals surface area contributed by atoms with Crippen LogP contribution in [0.5, 0.6) is 0 Å². The molecule has 3 nitrogen and oxygen atoms in total. The topological polar surface area (TPSA) is 49.4 Å². The molecule has 0 amide bonds. The maximum absolute atomic E-state index is 9.18. The van der Waals surface area contributed by atoms with Gasteiger partial charge in [0.2, 0.25) is 0 Å². The van der Waals surface area contributed by atoms with Crippen LogP contribution in [0.4, 0.5) is 0 Å². The average Bonchev–Trinajstić information content (AvgIpc) is 1.38. The zero-order valence-electron chi connectivity index (χ0n) is 3.63. The fourth-order valence-electron chi connectivity index (χ4n) is 0. The van der Waals surface area contributed by atoms with Crippen LogP contribution in [0.3, 0.4) is 0 Å². The standard InChI is InChI=1S/K.H4O3SSi/c;1-4(2)3-5/h;5H3,(H,1,2)/q+1;/p-1. The van der Waals surface area contributed by atoms with Crippen molar-refractivity contribution in [1.29, 1.82) is 0 Å². The molecule has 0 fully saturated rings. The first-order valence-electron chi connectivity index (χ1n) is 0.908. The number of hydrogen-bond donors (Lipinski definition) is 0. The van der Waals surface area contributed by atoms with E-state index in [4.69, 9.17) is 0 Å². The molecule has 0 aromatic heterocycles. The third-order valence-corrected chi connectivity index (χ3v) is 1.22. The third-order valence-electron chi connectivity index (χ3n) is 0.136. The number of rotatable bonds is 1. The van der Waals surface area contributed by atoms with E-state index in [9.17, 15) is 8.76 Å². The second-order valence-electron chi connectivity index (χ2n) is 0.371. The molecule has 0 bridgehead atoms. The first kappa shape index (κ1) is 10.8. The summed E-state index contributed by atoms with van der Waals surface area (Å²) in [7, 11) is 0.261. The van der Waals surface area contributed by atoms with Crippen LogP contribution in [0.15, 0.2) is 0 Å². The van der Waals surface area contributed by atoms with Gasteiger partial charge < -0.3 is 8.42 Å². The molecular weight excluding hydrogens is 147 g/mol. The van der Waals surface area contributed by atoms with E-state index in [0.29, 0.717) is 0 Å². The fraction of sp³-hybridized carbons (Fsp3) is 0. The summed E-state index contributed by atoms with van der Waals surface area (Å²) in [6.45, 7) is 0. The van der Waals surface area contributed by atoms with Gasteiger partial charge in [-0.1, -0.05) is 0 Å². The zero-order valence-corrected chi connectivity index (χ0v) is 9.57. The molecule has 0 saturated carbocycles. The van der Waals surface area contributed by atoms with Crippen molar-refractivity contribution in [1.82, 2.24) is 0 Å². The van der Waals surface area contributed by atoms with Gasteiger partial charge in [0.05, 0.1) is 11.4 Å². The molecule has 6 heavy (non-hydrogen) atoms. The summed E-state index contributed by atoms with van der Waals surface area (Å²) >= 11 is -2.26. The molecule has 6 heteroatoms. The van der Waals surface area contributed by atoms with Crippen LogP contribution in [-0.2, 0) is 15.2 Å². The summed E-state index contributed by atoms with van der Waals surface area (Å²) in [5.41, 5.74) is 0. The predicted octanol–water partition coefficient (Wildman–Crippen LogP) is -4.92. The van der Waals surface area contributed by atoms with Crippen molar-refractivity contribution in [2.75, 3.05) is 0 Å². The van der Waals surface area contributed by atoms with Gasteiger partial charge in [-0.3, -0.25) is 0 Å². The van der Waals surface area contributed by atoms with Crippen LogP contribution in [0.25, 0.3) is 0 Å². The van der Waals surface area contributed by atoms with Gasteiger partial charge in [0.25, 0.3) is 0 Å². The summed E-state index contributed by atoms with van der Waals surface area (Å²) < 4.78 is 22.2. The van der Waals surface area contributed by atoms with Crippen molar-refractivity contribution in [3.05, 3.63) is 0 Å².